The van der Waals surface area contributed by atoms with Gasteiger partial charge in [-0.15, -0.1) is 0 Å². The summed E-state index contributed by atoms with van der Waals surface area (Å²) in [6.07, 6.45) is 2.34. The van der Waals surface area contributed by atoms with Crippen molar-refractivity contribution < 1.29 is 9.66 Å². The molecule has 104 valence electrons. The van der Waals surface area contributed by atoms with Gasteiger partial charge in [0.05, 0.1) is 11.0 Å². The van der Waals surface area contributed by atoms with Gasteiger partial charge in [0, 0.05) is 43.2 Å². The molecule has 0 spiro atoms. The first-order valence-corrected chi connectivity index (χ1v) is 6.58. The summed E-state index contributed by atoms with van der Waals surface area (Å²) in [5.41, 5.74) is 1.60. The average Bonchev–Trinajstić information content (AvgIpc) is 2.89. The molecule has 6 nitrogen and oxygen atoms in total. The van der Waals surface area contributed by atoms with E-state index in [9.17, 15) is 10.1 Å². The Kier molecular flexibility index (Phi) is 4.57. The summed E-state index contributed by atoms with van der Waals surface area (Å²) in [6.45, 7) is 4.18. The number of anilines is 2. The SMILES string of the molecule is CCNc1cc(NCC2CCCO2)cc([N+](=O)[O-])c1. The highest BCUT2D eigenvalue weighted by atomic mass is 16.6. The first kappa shape index (κ1) is 13.6. The molecule has 1 aromatic rings. The Bertz CT molecular complexity index is 445. The maximum Gasteiger partial charge on any atom is 0.273 e. The number of nitrogens with zero attached hydrogens (tertiary/aromatic N) is 1. The van der Waals surface area contributed by atoms with E-state index >= 15 is 0 Å². The summed E-state index contributed by atoms with van der Waals surface area (Å²) in [6, 6.07) is 4.97. The van der Waals surface area contributed by atoms with E-state index in [1.807, 2.05) is 13.0 Å². The fourth-order valence-corrected chi connectivity index (χ4v) is 2.16. The third-order valence-electron chi connectivity index (χ3n) is 3.07. The summed E-state index contributed by atoms with van der Waals surface area (Å²) >= 11 is 0. The van der Waals surface area contributed by atoms with Crippen LogP contribution in [0.5, 0.6) is 0 Å². The minimum Gasteiger partial charge on any atom is -0.385 e. The Morgan fingerprint density at radius 1 is 1.37 bits per heavy atom. The topological polar surface area (TPSA) is 76.4 Å². The van der Waals surface area contributed by atoms with Crippen LogP contribution >= 0.6 is 0 Å². The zero-order valence-electron chi connectivity index (χ0n) is 11.0. The molecule has 1 aliphatic heterocycles. The number of benzene rings is 1. The molecule has 0 radical (unpaired) electrons. The lowest BCUT2D eigenvalue weighted by Crippen LogP contribution is -2.18. The molecule has 0 aliphatic carbocycles. The molecule has 0 aromatic heterocycles. The Balaban J connectivity index is 2.06. The van der Waals surface area contributed by atoms with E-state index in [1.54, 1.807) is 12.1 Å². The van der Waals surface area contributed by atoms with Gasteiger partial charge >= 0.3 is 0 Å². The molecule has 2 rings (SSSR count). The van der Waals surface area contributed by atoms with E-state index in [4.69, 9.17) is 4.74 Å². The summed E-state index contributed by atoms with van der Waals surface area (Å²) < 4.78 is 5.52. The number of rotatable bonds is 6. The van der Waals surface area contributed by atoms with E-state index in [-0.39, 0.29) is 16.7 Å². The van der Waals surface area contributed by atoms with Crippen LogP contribution < -0.4 is 10.6 Å². The van der Waals surface area contributed by atoms with Crippen LogP contribution in [-0.4, -0.2) is 30.7 Å². The van der Waals surface area contributed by atoms with Crippen LogP contribution in [-0.2, 0) is 4.74 Å². The molecule has 0 bridgehead atoms. The predicted molar refractivity (Wildman–Crippen MR) is 74.7 cm³/mol. The summed E-state index contributed by atoms with van der Waals surface area (Å²) in [4.78, 5) is 10.5. The molecular weight excluding hydrogens is 246 g/mol. The molecule has 0 amide bonds. The molecule has 1 aliphatic rings. The molecule has 2 N–H and O–H groups in total. The Labute approximate surface area is 112 Å². The highest BCUT2D eigenvalue weighted by Crippen LogP contribution is 2.24. The Morgan fingerprint density at radius 3 is 2.68 bits per heavy atom. The minimum atomic E-state index is -0.377. The lowest BCUT2D eigenvalue weighted by Gasteiger charge is -2.13. The van der Waals surface area contributed by atoms with Crippen molar-refractivity contribution in [2.24, 2.45) is 0 Å². The van der Waals surface area contributed by atoms with Crippen molar-refractivity contribution in [2.45, 2.75) is 25.9 Å². The van der Waals surface area contributed by atoms with Crippen molar-refractivity contribution >= 4 is 17.1 Å². The number of nitro groups is 1. The third kappa shape index (κ3) is 3.82. The van der Waals surface area contributed by atoms with Crippen molar-refractivity contribution in [3.05, 3.63) is 28.3 Å². The van der Waals surface area contributed by atoms with Gasteiger partial charge in [-0.2, -0.15) is 0 Å². The van der Waals surface area contributed by atoms with Crippen LogP contribution in [0.2, 0.25) is 0 Å². The smallest absolute Gasteiger partial charge is 0.273 e. The molecule has 1 aromatic carbocycles. The second kappa shape index (κ2) is 6.38. The molecule has 1 heterocycles. The number of hydrogen-bond donors (Lipinski definition) is 2. The van der Waals surface area contributed by atoms with E-state index in [2.05, 4.69) is 10.6 Å². The van der Waals surface area contributed by atoms with Gasteiger partial charge in [0.1, 0.15) is 0 Å². The van der Waals surface area contributed by atoms with Crippen LogP contribution in [0.15, 0.2) is 18.2 Å². The van der Waals surface area contributed by atoms with Crippen LogP contribution in [0.4, 0.5) is 17.1 Å². The van der Waals surface area contributed by atoms with Gasteiger partial charge in [0.15, 0.2) is 0 Å². The first-order chi connectivity index (χ1) is 9.19. The lowest BCUT2D eigenvalue weighted by molar-refractivity contribution is -0.384. The van der Waals surface area contributed by atoms with E-state index in [0.717, 1.165) is 37.4 Å². The van der Waals surface area contributed by atoms with Gasteiger partial charge in [0.25, 0.3) is 5.69 Å². The molecular formula is C13H19N3O3. The Morgan fingerprint density at radius 2 is 2.11 bits per heavy atom. The molecule has 19 heavy (non-hydrogen) atoms. The zero-order valence-corrected chi connectivity index (χ0v) is 11.0. The maximum absolute atomic E-state index is 10.9. The van der Waals surface area contributed by atoms with Crippen molar-refractivity contribution in [1.29, 1.82) is 0 Å². The molecule has 6 heteroatoms. The number of nitro benzene ring substituents is 1. The number of nitrogens with one attached hydrogen (secondary N) is 2. The second-order valence-electron chi connectivity index (χ2n) is 4.57. The lowest BCUT2D eigenvalue weighted by atomic mass is 10.2. The Hall–Kier alpha value is -1.82. The van der Waals surface area contributed by atoms with Crippen LogP contribution in [0.3, 0.4) is 0 Å². The quantitative estimate of drug-likeness (QED) is 0.610. The van der Waals surface area contributed by atoms with Crippen LogP contribution in [0, 0.1) is 10.1 Å². The highest BCUT2D eigenvalue weighted by Gasteiger charge is 2.16. The molecule has 1 fully saturated rings. The van der Waals surface area contributed by atoms with Crippen molar-refractivity contribution in [1.82, 2.24) is 0 Å². The maximum atomic E-state index is 10.9. The van der Waals surface area contributed by atoms with Gasteiger partial charge < -0.3 is 15.4 Å². The molecule has 1 unspecified atom stereocenters. The van der Waals surface area contributed by atoms with Gasteiger partial charge in [-0.25, -0.2) is 0 Å². The third-order valence-corrected chi connectivity index (χ3v) is 3.07. The highest BCUT2D eigenvalue weighted by molar-refractivity contribution is 5.63. The summed E-state index contributed by atoms with van der Waals surface area (Å²) in [5.74, 6) is 0. The zero-order chi connectivity index (χ0) is 13.7. The second-order valence-corrected chi connectivity index (χ2v) is 4.57. The van der Waals surface area contributed by atoms with Crippen molar-refractivity contribution in [3.8, 4) is 0 Å². The van der Waals surface area contributed by atoms with E-state index in [1.165, 1.54) is 0 Å². The normalized spacial score (nSPS) is 18.3. The van der Waals surface area contributed by atoms with E-state index in [0.29, 0.717) is 6.54 Å². The first-order valence-electron chi connectivity index (χ1n) is 6.58. The average molecular weight is 265 g/mol. The number of hydrogen-bond acceptors (Lipinski definition) is 5. The van der Waals surface area contributed by atoms with Gasteiger partial charge in [0.2, 0.25) is 0 Å². The van der Waals surface area contributed by atoms with Crippen molar-refractivity contribution in [2.75, 3.05) is 30.3 Å². The predicted octanol–water partition coefficient (Wildman–Crippen LogP) is 2.62. The van der Waals surface area contributed by atoms with Gasteiger partial charge in [-0.1, -0.05) is 0 Å². The largest absolute Gasteiger partial charge is 0.385 e. The van der Waals surface area contributed by atoms with Crippen LogP contribution in [0.25, 0.3) is 0 Å². The molecule has 1 saturated heterocycles. The minimum absolute atomic E-state index is 0.0910. The van der Waals surface area contributed by atoms with Crippen LogP contribution in [0.1, 0.15) is 19.8 Å². The van der Waals surface area contributed by atoms with Gasteiger partial charge in [-0.3, -0.25) is 10.1 Å². The fraction of sp³-hybridized carbons (Fsp3) is 0.538. The monoisotopic (exact) mass is 265 g/mol. The van der Waals surface area contributed by atoms with Crippen molar-refractivity contribution in [3.63, 3.8) is 0 Å². The number of non-ortho nitro benzene ring substituents is 1. The standard InChI is InChI=1S/C13H19N3O3/c1-2-14-10-6-11(8-12(7-10)16(17)18)15-9-13-4-3-5-19-13/h6-8,13-15H,2-5,9H2,1H3. The van der Waals surface area contributed by atoms with E-state index < -0.39 is 0 Å². The summed E-state index contributed by atoms with van der Waals surface area (Å²) in [5, 5.41) is 17.2. The molecule has 0 saturated carbocycles. The fourth-order valence-electron chi connectivity index (χ4n) is 2.16. The number of ether oxygens (including phenoxy) is 1. The molecule has 1 atom stereocenters. The van der Waals surface area contributed by atoms with Gasteiger partial charge in [-0.05, 0) is 25.8 Å². The summed E-state index contributed by atoms with van der Waals surface area (Å²) in [7, 11) is 0.